The van der Waals surface area contributed by atoms with Gasteiger partial charge in [-0.2, -0.15) is 0 Å². The van der Waals surface area contributed by atoms with Gasteiger partial charge in [0.2, 0.25) is 0 Å². The number of amides is 1. The van der Waals surface area contributed by atoms with Gasteiger partial charge in [0.05, 0.1) is 0 Å². The Kier molecular flexibility index (Phi) is 5.35. The lowest BCUT2D eigenvalue weighted by Crippen LogP contribution is -2.31. The molecular formula is C14H13B2FN2O4. The highest BCUT2D eigenvalue weighted by Gasteiger charge is 2.16. The van der Waals surface area contributed by atoms with E-state index in [0.717, 1.165) is 0 Å². The molecule has 0 atom stereocenters. The van der Waals surface area contributed by atoms with Crippen molar-refractivity contribution in [3.05, 3.63) is 48.0 Å². The third-order valence-electron chi connectivity index (χ3n) is 3.07. The second-order valence-electron chi connectivity index (χ2n) is 4.54. The maximum atomic E-state index is 13.3. The van der Waals surface area contributed by atoms with E-state index in [-0.39, 0.29) is 23.8 Å². The molecule has 0 unspecified atom stereocenters. The van der Waals surface area contributed by atoms with Gasteiger partial charge in [-0.3, -0.25) is 9.59 Å². The van der Waals surface area contributed by atoms with Crippen LogP contribution in [0.3, 0.4) is 0 Å². The molecular weight excluding hydrogens is 301 g/mol. The Labute approximate surface area is 133 Å². The maximum Gasteiger partial charge on any atom is 0.326 e. The van der Waals surface area contributed by atoms with Gasteiger partial charge in [-0.15, -0.1) is 0 Å². The summed E-state index contributed by atoms with van der Waals surface area (Å²) >= 11 is 0. The van der Waals surface area contributed by atoms with E-state index in [1.807, 2.05) is 0 Å². The third kappa shape index (κ3) is 4.09. The van der Waals surface area contributed by atoms with Gasteiger partial charge >= 0.3 is 22.1 Å². The molecule has 0 fully saturated rings. The Bertz CT molecular complexity index is 742. The van der Waals surface area contributed by atoms with Gasteiger partial charge in [0.1, 0.15) is 18.1 Å². The minimum Gasteiger partial charge on any atom is -0.566 e. The molecule has 6 nitrogen and oxygen atoms in total. The highest BCUT2D eigenvalue weighted by molar-refractivity contribution is 6.06. The van der Waals surface area contributed by atoms with E-state index < -0.39 is 11.9 Å². The second-order valence-corrected chi connectivity index (χ2v) is 4.54. The van der Waals surface area contributed by atoms with Gasteiger partial charge in [0.15, 0.2) is 5.69 Å². The molecule has 0 aliphatic carbocycles. The molecule has 1 N–H and O–H groups in total. The number of carbonyl (C=O) groups is 2. The first kappa shape index (κ1) is 16.5. The van der Waals surface area contributed by atoms with E-state index in [1.165, 1.54) is 34.4 Å². The summed E-state index contributed by atoms with van der Waals surface area (Å²) in [6.07, 6.45) is 1.43. The van der Waals surface area contributed by atoms with Crippen molar-refractivity contribution in [3.63, 3.8) is 0 Å². The first-order chi connectivity index (χ1) is 11.0. The van der Waals surface area contributed by atoms with E-state index in [0.29, 0.717) is 11.1 Å². The van der Waals surface area contributed by atoms with E-state index in [4.69, 9.17) is 4.65 Å². The first-order valence-electron chi connectivity index (χ1n) is 6.70. The van der Waals surface area contributed by atoms with Crippen molar-refractivity contribution in [2.24, 2.45) is 0 Å². The monoisotopic (exact) mass is 314 g/mol. The smallest absolute Gasteiger partial charge is 0.326 e. The predicted molar refractivity (Wildman–Crippen MR) is 85.8 cm³/mol. The zero-order valence-corrected chi connectivity index (χ0v) is 12.6. The lowest BCUT2D eigenvalue weighted by Gasteiger charge is -2.10. The maximum absolute atomic E-state index is 13.3. The number of rotatable bonds is 5. The summed E-state index contributed by atoms with van der Waals surface area (Å²) in [6.45, 7) is -0.272. The summed E-state index contributed by atoms with van der Waals surface area (Å²) in [6, 6.07) is 7.57. The number of aromatic nitrogens is 1. The summed E-state index contributed by atoms with van der Waals surface area (Å²) in [5.74, 6) is -1.30. The Hall–Kier alpha value is -2.83. The van der Waals surface area contributed by atoms with Crippen LogP contribution < -0.4 is 9.97 Å². The standard InChI is InChI=1S/C14H13B2FN2O4/c15-22-11-5-9(8-2-1-3-10(17)4-8)6-18-13(11)14(21)19-7-12(20)23-16/h1-6H,7,15-16H2,(H,19,21). The normalized spacial score (nSPS) is 9.96. The van der Waals surface area contributed by atoms with Crippen LogP contribution >= 0.6 is 0 Å². The van der Waals surface area contributed by atoms with Gasteiger partial charge in [-0.1, -0.05) is 12.1 Å². The van der Waals surface area contributed by atoms with Crippen molar-refractivity contribution in [3.8, 4) is 16.9 Å². The number of hydrogen-bond acceptors (Lipinski definition) is 5. The summed E-state index contributed by atoms with van der Waals surface area (Å²) in [4.78, 5) is 27.1. The molecule has 1 aromatic carbocycles. The summed E-state index contributed by atoms with van der Waals surface area (Å²) in [7, 11) is 2.62. The lowest BCUT2D eigenvalue weighted by atomic mass is 10.1. The van der Waals surface area contributed by atoms with E-state index in [2.05, 4.69) is 15.0 Å². The highest BCUT2D eigenvalue weighted by Crippen LogP contribution is 2.25. The quantitative estimate of drug-likeness (QED) is 0.763. The van der Waals surface area contributed by atoms with E-state index in [1.54, 1.807) is 18.2 Å². The SMILES string of the molecule is BOC(=O)CNC(=O)c1ncc(-c2cccc(F)c2)cc1OB. The Morgan fingerprint density at radius 3 is 2.65 bits per heavy atom. The molecule has 0 aliphatic rings. The van der Waals surface area contributed by atoms with Gasteiger partial charge < -0.3 is 14.6 Å². The van der Waals surface area contributed by atoms with Crippen LogP contribution in [-0.2, 0) is 9.45 Å². The molecule has 0 radical (unpaired) electrons. The average molecular weight is 314 g/mol. The van der Waals surface area contributed by atoms with Crippen LogP contribution in [0.5, 0.6) is 5.75 Å². The van der Waals surface area contributed by atoms with Crippen molar-refractivity contribution in [1.29, 1.82) is 0 Å². The van der Waals surface area contributed by atoms with Crippen molar-refractivity contribution >= 4 is 28.0 Å². The second kappa shape index (κ2) is 7.44. The topological polar surface area (TPSA) is 77.5 Å². The van der Waals surface area contributed by atoms with Crippen LogP contribution in [0.4, 0.5) is 4.39 Å². The number of carbonyl (C=O) groups excluding carboxylic acids is 2. The highest BCUT2D eigenvalue weighted by atomic mass is 19.1. The number of hydrogen-bond donors (Lipinski definition) is 1. The molecule has 1 amide bonds. The number of benzene rings is 1. The molecule has 9 heteroatoms. The summed E-state index contributed by atoms with van der Waals surface area (Å²) in [5.41, 5.74) is 1.24. The molecule has 2 rings (SSSR count). The van der Waals surface area contributed by atoms with Gasteiger partial charge in [-0.25, -0.2) is 9.37 Å². The van der Waals surface area contributed by atoms with Gasteiger partial charge in [0, 0.05) is 11.8 Å². The third-order valence-corrected chi connectivity index (χ3v) is 3.07. The lowest BCUT2D eigenvalue weighted by molar-refractivity contribution is -0.132. The zero-order chi connectivity index (χ0) is 16.8. The number of nitrogens with one attached hydrogen (secondary N) is 1. The molecule has 23 heavy (non-hydrogen) atoms. The molecule has 0 saturated heterocycles. The zero-order valence-electron chi connectivity index (χ0n) is 12.6. The molecule has 0 aliphatic heterocycles. The van der Waals surface area contributed by atoms with Gasteiger partial charge in [-0.05, 0) is 23.8 Å². The summed E-state index contributed by atoms with van der Waals surface area (Å²) < 4.78 is 22.9. The molecule has 1 heterocycles. The minimum absolute atomic E-state index is 0.0246. The fraction of sp³-hybridized carbons (Fsp3) is 0.0714. The van der Waals surface area contributed by atoms with Crippen molar-refractivity contribution in [1.82, 2.24) is 10.3 Å². The van der Waals surface area contributed by atoms with Crippen molar-refractivity contribution in [2.75, 3.05) is 6.54 Å². The summed E-state index contributed by atoms with van der Waals surface area (Å²) in [5, 5.41) is 2.38. The van der Waals surface area contributed by atoms with Crippen LogP contribution in [0, 0.1) is 5.82 Å². The average Bonchev–Trinajstić information content (AvgIpc) is 2.58. The Morgan fingerprint density at radius 1 is 1.22 bits per heavy atom. The van der Waals surface area contributed by atoms with E-state index >= 15 is 0 Å². The molecule has 1 aromatic heterocycles. The van der Waals surface area contributed by atoms with Crippen LogP contribution in [0.1, 0.15) is 10.5 Å². The predicted octanol–water partition coefficient (Wildman–Crippen LogP) is -0.364. The van der Waals surface area contributed by atoms with Crippen LogP contribution in [0.2, 0.25) is 0 Å². The Balaban J connectivity index is 2.26. The number of nitrogens with zero attached hydrogens (tertiary/aromatic N) is 1. The van der Waals surface area contributed by atoms with E-state index in [9.17, 15) is 14.0 Å². The largest absolute Gasteiger partial charge is 0.566 e. The fourth-order valence-electron chi connectivity index (χ4n) is 1.90. The van der Waals surface area contributed by atoms with Gasteiger partial charge in [0.25, 0.3) is 5.91 Å². The number of halogens is 1. The molecule has 0 saturated carbocycles. The first-order valence-corrected chi connectivity index (χ1v) is 6.70. The number of pyridine rings is 1. The molecule has 0 spiro atoms. The fourth-order valence-corrected chi connectivity index (χ4v) is 1.90. The molecule has 116 valence electrons. The molecule has 2 aromatic rings. The molecule has 0 bridgehead atoms. The minimum atomic E-state index is -0.575. The van der Waals surface area contributed by atoms with Crippen molar-refractivity contribution < 1.29 is 23.3 Å². The van der Waals surface area contributed by atoms with Crippen LogP contribution in [0.25, 0.3) is 11.1 Å². The van der Waals surface area contributed by atoms with Crippen molar-refractivity contribution in [2.45, 2.75) is 0 Å². The van der Waals surface area contributed by atoms with Crippen LogP contribution in [0.15, 0.2) is 36.5 Å². The van der Waals surface area contributed by atoms with Crippen LogP contribution in [-0.4, -0.2) is 39.5 Å². The Morgan fingerprint density at radius 2 is 2.00 bits per heavy atom.